The van der Waals surface area contributed by atoms with E-state index in [0.717, 1.165) is 5.75 Å². The molecule has 118 valence electrons. The fraction of sp³-hybridized carbons (Fsp3) is 0.562. The number of rotatable bonds is 8. The van der Waals surface area contributed by atoms with Gasteiger partial charge in [0.1, 0.15) is 0 Å². The van der Waals surface area contributed by atoms with Crippen LogP contribution in [0.2, 0.25) is 0 Å². The van der Waals surface area contributed by atoms with Crippen LogP contribution in [0.25, 0.3) is 0 Å². The van der Waals surface area contributed by atoms with Crippen molar-refractivity contribution in [2.24, 2.45) is 0 Å². The summed E-state index contributed by atoms with van der Waals surface area (Å²) in [6.07, 6.45) is 0. The molecule has 0 aliphatic rings. The fourth-order valence-electron chi connectivity index (χ4n) is 2.14. The summed E-state index contributed by atoms with van der Waals surface area (Å²) in [5.74, 6) is 1.20. The lowest BCUT2D eigenvalue weighted by Crippen LogP contribution is -2.47. The summed E-state index contributed by atoms with van der Waals surface area (Å²) < 4.78 is 0. The third kappa shape index (κ3) is 8.09. The number of nitrogens with one attached hydrogen (secondary N) is 1. The first kappa shape index (κ1) is 18.0. The maximum atomic E-state index is 11.8. The first-order valence-corrected chi connectivity index (χ1v) is 8.21. The number of benzene rings is 1. The molecule has 1 atom stereocenters. The zero-order valence-electron chi connectivity index (χ0n) is 13.3. The summed E-state index contributed by atoms with van der Waals surface area (Å²) in [7, 11) is 3.79. The Morgan fingerprint density at radius 1 is 1.43 bits per heavy atom. The number of thioether (sulfide) groups is 1. The van der Waals surface area contributed by atoms with E-state index in [4.69, 9.17) is 0 Å². The highest BCUT2D eigenvalue weighted by Crippen LogP contribution is 2.13. The monoisotopic (exact) mass is 310 g/mol. The molecule has 0 bridgehead atoms. The van der Waals surface area contributed by atoms with E-state index in [1.165, 1.54) is 11.1 Å². The van der Waals surface area contributed by atoms with Gasteiger partial charge >= 0.3 is 0 Å². The molecule has 1 rings (SSSR count). The zero-order chi connectivity index (χ0) is 15.9. The number of carbonyl (C=O) groups excluding carboxylic acids is 1. The number of hydrogen-bond donors (Lipinski definition) is 2. The van der Waals surface area contributed by atoms with E-state index in [1.54, 1.807) is 18.7 Å². The number of hydrogen-bond acceptors (Lipinski definition) is 4. The molecule has 0 saturated heterocycles. The average Bonchev–Trinajstić information content (AvgIpc) is 2.35. The van der Waals surface area contributed by atoms with E-state index >= 15 is 0 Å². The van der Waals surface area contributed by atoms with Gasteiger partial charge in [0, 0.05) is 18.8 Å². The van der Waals surface area contributed by atoms with Crippen molar-refractivity contribution in [3.63, 3.8) is 0 Å². The van der Waals surface area contributed by atoms with Crippen LogP contribution in [0.15, 0.2) is 24.3 Å². The third-order valence-electron chi connectivity index (χ3n) is 2.91. The molecule has 4 nitrogen and oxygen atoms in total. The van der Waals surface area contributed by atoms with Crippen LogP contribution in [0.4, 0.5) is 0 Å². The van der Waals surface area contributed by atoms with Crippen LogP contribution in [0.3, 0.4) is 0 Å². The van der Waals surface area contributed by atoms with Crippen LogP contribution < -0.4 is 5.32 Å². The quantitative estimate of drug-likeness (QED) is 0.767. The first-order valence-electron chi connectivity index (χ1n) is 7.05. The van der Waals surface area contributed by atoms with Gasteiger partial charge in [-0.3, -0.25) is 4.79 Å². The van der Waals surface area contributed by atoms with Gasteiger partial charge in [0.25, 0.3) is 0 Å². The number of amides is 1. The number of aliphatic hydroxyl groups is 1. The van der Waals surface area contributed by atoms with Crippen LogP contribution in [-0.4, -0.2) is 54.5 Å². The Labute approximate surface area is 131 Å². The lowest BCUT2D eigenvalue weighted by atomic mass is 10.1. The van der Waals surface area contributed by atoms with Gasteiger partial charge in [-0.05, 0) is 33.5 Å². The topological polar surface area (TPSA) is 52.6 Å². The van der Waals surface area contributed by atoms with Crippen LogP contribution in [-0.2, 0) is 10.5 Å². The molecule has 0 fully saturated rings. The van der Waals surface area contributed by atoms with Crippen molar-refractivity contribution in [1.82, 2.24) is 10.2 Å². The van der Waals surface area contributed by atoms with Crippen molar-refractivity contribution >= 4 is 17.7 Å². The molecule has 0 aliphatic heterocycles. The zero-order valence-corrected chi connectivity index (χ0v) is 14.2. The minimum Gasteiger partial charge on any atom is -0.387 e. The van der Waals surface area contributed by atoms with Crippen molar-refractivity contribution in [3.05, 3.63) is 35.4 Å². The Balaban J connectivity index is 2.25. The summed E-state index contributed by atoms with van der Waals surface area (Å²) in [5.41, 5.74) is 1.56. The fourth-order valence-corrected chi connectivity index (χ4v) is 2.95. The van der Waals surface area contributed by atoms with Gasteiger partial charge in [0.2, 0.25) is 5.91 Å². The predicted octanol–water partition coefficient (Wildman–Crippen LogP) is 1.66. The Kier molecular flexibility index (Phi) is 7.22. The summed E-state index contributed by atoms with van der Waals surface area (Å²) in [4.78, 5) is 13.7. The summed E-state index contributed by atoms with van der Waals surface area (Å²) in [6, 6.07) is 8.30. The SMILES string of the molecule is Cc1cccc(CSCC(=O)NCC(C)(O)CN(C)C)c1. The average molecular weight is 310 g/mol. The van der Waals surface area contributed by atoms with E-state index in [2.05, 4.69) is 30.4 Å². The molecule has 0 saturated carbocycles. The van der Waals surface area contributed by atoms with Crippen LogP contribution in [0, 0.1) is 6.92 Å². The summed E-state index contributed by atoms with van der Waals surface area (Å²) in [5, 5.41) is 12.9. The molecule has 0 aliphatic carbocycles. The summed E-state index contributed by atoms with van der Waals surface area (Å²) >= 11 is 1.58. The molecule has 1 aromatic rings. The maximum absolute atomic E-state index is 11.8. The highest BCUT2D eigenvalue weighted by Gasteiger charge is 2.21. The second-order valence-corrected chi connectivity index (χ2v) is 6.98. The maximum Gasteiger partial charge on any atom is 0.230 e. The number of nitrogens with zero attached hydrogens (tertiary/aromatic N) is 1. The van der Waals surface area contributed by atoms with Crippen molar-refractivity contribution in [1.29, 1.82) is 0 Å². The van der Waals surface area contributed by atoms with Gasteiger partial charge in [-0.25, -0.2) is 0 Å². The molecule has 21 heavy (non-hydrogen) atoms. The number of likely N-dealkylation sites (N-methyl/N-ethyl adjacent to an activating group) is 1. The van der Waals surface area contributed by atoms with Gasteiger partial charge in [0.05, 0.1) is 11.4 Å². The normalized spacial score (nSPS) is 14.0. The van der Waals surface area contributed by atoms with Gasteiger partial charge in [-0.2, -0.15) is 0 Å². The standard InChI is InChI=1S/C16H26N2O2S/c1-13-6-5-7-14(8-13)9-21-10-15(19)17-11-16(2,20)12-18(3)4/h5-8,20H,9-12H2,1-4H3,(H,17,19). The van der Waals surface area contributed by atoms with E-state index in [-0.39, 0.29) is 12.5 Å². The van der Waals surface area contributed by atoms with Gasteiger partial charge in [-0.15, -0.1) is 11.8 Å². The Bertz CT molecular complexity index is 461. The first-order chi connectivity index (χ1) is 9.78. The molecular weight excluding hydrogens is 284 g/mol. The van der Waals surface area contributed by atoms with Crippen LogP contribution >= 0.6 is 11.8 Å². The van der Waals surface area contributed by atoms with Crippen molar-refractivity contribution in [3.8, 4) is 0 Å². The van der Waals surface area contributed by atoms with E-state index in [0.29, 0.717) is 12.3 Å². The molecule has 1 unspecified atom stereocenters. The van der Waals surface area contributed by atoms with Gasteiger partial charge < -0.3 is 15.3 Å². The van der Waals surface area contributed by atoms with Crippen molar-refractivity contribution < 1.29 is 9.90 Å². The molecule has 2 N–H and O–H groups in total. The Hall–Kier alpha value is -1.04. The number of aryl methyl sites for hydroxylation is 1. The molecular formula is C16H26N2O2S. The third-order valence-corrected chi connectivity index (χ3v) is 3.91. The highest BCUT2D eigenvalue weighted by molar-refractivity contribution is 7.99. The largest absolute Gasteiger partial charge is 0.387 e. The van der Waals surface area contributed by atoms with E-state index in [9.17, 15) is 9.90 Å². The predicted molar refractivity (Wildman–Crippen MR) is 89.5 cm³/mol. The lowest BCUT2D eigenvalue weighted by molar-refractivity contribution is -0.119. The van der Waals surface area contributed by atoms with Crippen molar-refractivity contribution in [2.45, 2.75) is 25.2 Å². The number of carbonyl (C=O) groups is 1. The lowest BCUT2D eigenvalue weighted by Gasteiger charge is -2.27. The molecule has 1 amide bonds. The molecule has 1 aromatic carbocycles. The van der Waals surface area contributed by atoms with Gasteiger partial charge in [-0.1, -0.05) is 29.8 Å². The molecule has 5 heteroatoms. The minimum absolute atomic E-state index is 0.0355. The smallest absolute Gasteiger partial charge is 0.230 e. The minimum atomic E-state index is -0.902. The van der Waals surface area contributed by atoms with Gasteiger partial charge in [0.15, 0.2) is 0 Å². The molecule has 0 radical (unpaired) electrons. The van der Waals surface area contributed by atoms with Crippen molar-refractivity contribution in [2.75, 3.05) is 32.9 Å². The van der Waals surface area contributed by atoms with Crippen LogP contribution in [0.5, 0.6) is 0 Å². The van der Waals surface area contributed by atoms with E-state index < -0.39 is 5.60 Å². The Morgan fingerprint density at radius 2 is 2.14 bits per heavy atom. The second-order valence-electron chi connectivity index (χ2n) is 5.99. The summed E-state index contributed by atoms with van der Waals surface area (Å²) in [6.45, 7) is 4.58. The Morgan fingerprint density at radius 3 is 2.76 bits per heavy atom. The molecule has 0 heterocycles. The van der Waals surface area contributed by atoms with E-state index in [1.807, 2.05) is 25.1 Å². The second kappa shape index (κ2) is 8.41. The van der Waals surface area contributed by atoms with Crippen LogP contribution in [0.1, 0.15) is 18.1 Å². The molecule has 0 aromatic heterocycles. The highest BCUT2D eigenvalue weighted by atomic mass is 32.2. The molecule has 0 spiro atoms.